The van der Waals surface area contributed by atoms with E-state index in [1.54, 1.807) is 31.3 Å². The maximum absolute atomic E-state index is 12.1. The van der Waals surface area contributed by atoms with Crippen molar-refractivity contribution in [3.8, 4) is 0 Å². The van der Waals surface area contributed by atoms with Crippen LogP contribution in [-0.4, -0.2) is 37.8 Å². The fraction of sp³-hybridized carbons (Fsp3) is 0.250. The standard InChI is InChI=1S/C12H14N4O3S/c1-15(2)20(18,19)14-12(17)10-8-16(3)13-11-7-5-4-6-9(10)11/h4-8H,1-3H3. The molecule has 0 amide bonds. The first-order valence-corrected chi connectivity index (χ1v) is 7.16. The highest BCUT2D eigenvalue weighted by atomic mass is 32.2. The van der Waals surface area contributed by atoms with Crippen LogP contribution in [0.25, 0.3) is 10.9 Å². The Kier molecular flexibility index (Phi) is 3.69. The highest BCUT2D eigenvalue weighted by molar-refractivity contribution is 7.87. The summed E-state index contributed by atoms with van der Waals surface area (Å²) in [6.45, 7) is 0. The minimum atomic E-state index is -3.95. The predicted molar refractivity (Wildman–Crippen MR) is 72.1 cm³/mol. The SMILES string of the molecule is CN(C)S(=O)(=O)N=C([O-])c1c[n+](C)nc2ccccc12. The monoisotopic (exact) mass is 294 g/mol. The predicted octanol–water partition coefficient (Wildman–Crippen LogP) is -1.03. The molecule has 7 nitrogen and oxygen atoms in total. The maximum Gasteiger partial charge on any atom is 0.321 e. The molecule has 8 heteroatoms. The minimum Gasteiger partial charge on any atom is -0.857 e. The van der Waals surface area contributed by atoms with E-state index in [1.165, 1.54) is 25.0 Å². The Morgan fingerprint density at radius 1 is 1.35 bits per heavy atom. The Morgan fingerprint density at radius 3 is 2.65 bits per heavy atom. The number of aromatic nitrogens is 2. The quantitative estimate of drug-likeness (QED) is 0.411. The molecule has 0 radical (unpaired) electrons. The van der Waals surface area contributed by atoms with Gasteiger partial charge in [-0.15, -0.1) is 0 Å². The number of hydrogen-bond donors (Lipinski definition) is 0. The van der Waals surface area contributed by atoms with Crippen LogP contribution < -0.4 is 9.79 Å². The number of benzene rings is 1. The molecular weight excluding hydrogens is 280 g/mol. The second-order valence-corrected chi connectivity index (χ2v) is 6.20. The second kappa shape index (κ2) is 5.14. The summed E-state index contributed by atoms with van der Waals surface area (Å²) in [6.07, 6.45) is 1.46. The Morgan fingerprint density at radius 2 is 2.00 bits per heavy atom. The highest BCUT2D eigenvalue weighted by Gasteiger charge is 2.14. The Labute approximate surface area is 117 Å². The van der Waals surface area contributed by atoms with Gasteiger partial charge in [-0.25, -0.2) is 0 Å². The van der Waals surface area contributed by atoms with Crippen molar-refractivity contribution < 1.29 is 18.2 Å². The third-order valence-corrected chi connectivity index (χ3v) is 3.99. The minimum absolute atomic E-state index is 0.198. The van der Waals surface area contributed by atoms with E-state index in [9.17, 15) is 13.5 Å². The van der Waals surface area contributed by atoms with Crippen molar-refractivity contribution in [1.82, 2.24) is 9.40 Å². The fourth-order valence-electron chi connectivity index (χ4n) is 1.65. The van der Waals surface area contributed by atoms with Gasteiger partial charge in [0.15, 0.2) is 7.05 Å². The molecule has 0 aliphatic rings. The summed E-state index contributed by atoms with van der Waals surface area (Å²) in [7, 11) is 0.341. The number of fused-ring (bicyclic) bond motifs is 1. The van der Waals surface area contributed by atoms with E-state index in [4.69, 9.17) is 0 Å². The summed E-state index contributed by atoms with van der Waals surface area (Å²) >= 11 is 0. The van der Waals surface area contributed by atoms with Crippen molar-refractivity contribution in [3.05, 3.63) is 36.0 Å². The van der Waals surface area contributed by atoms with E-state index >= 15 is 0 Å². The van der Waals surface area contributed by atoms with Crippen LogP contribution in [0.3, 0.4) is 0 Å². The molecular formula is C12H14N4O3S. The molecule has 2 aromatic rings. The zero-order valence-electron chi connectivity index (χ0n) is 11.3. The molecule has 106 valence electrons. The fourth-order valence-corrected chi connectivity index (χ4v) is 2.12. The summed E-state index contributed by atoms with van der Waals surface area (Å²) in [6, 6.07) is 6.98. The normalized spacial score (nSPS) is 13.1. The number of rotatable bonds is 3. The van der Waals surface area contributed by atoms with Gasteiger partial charge in [-0.05, 0) is 11.2 Å². The molecule has 0 fully saturated rings. The van der Waals surface area contributed by atoms with Crippen molar-refractivity contribution in [2.45, 2.75) is 0 Å². The second-order valence-electron chi connectivity index (χ2n) is 4.39. The van der Waals surface area contributed by atoms with E-state index < -0.39 is 16.1 Å². The van der Waals surface area contributed by atoms with E-state index in [1.807, 2.05) is 0 Å². The first-order valence-electron chi connectivity index (χ1n) is 5.77. The van der Waals surface area contributed by atoms with Gasteiger partial charge in [-0.2, -0.15) is 17.1 Å². The number of nitrogens with zero attached hydrogens (tertiary/aromatic N) is 4. The summed E-state index contributed by atoms with van der Waals surface area (Å²) in [4.78, 5) is 0. The van der Waals surface area contributed by atoms with E-state index in [0.717, 1.165) is 4.31 Å². The third kappa shape index (κ3) is 2.75. The van der Waals surface area contributed by atoms with E-state index in [0.29, 0.717) is 10.9 Å². The molecule has 0 aliphatic carbocycles. The molecule has 0 bridgehead atoms. The zero-order chi connectivity index (χ0) is 14.9. The molecule has 0 N–H and O–H groups in total. The molecule has 1 aromatic heterocycles. The van der Waals surface area contributed by atoms with Crippen molar-refractivity contribution in [2.75, 3.05) is 14.1 Å². The lowest BCUT2D eigenvalue weighted by Gasteiger charge is -2.13. The maximum atomic E-state index is 12.1. The van der Waals surface area contributed by atoms with Gasteiger partial charge in [0.25, 0.3) is 0 Å². The largest absolute Gasteiger partial charge is 0.857 e. The molecule has 1 aromatic carbocycles. The smallest absolute Gasteiger partial charge is 0.321 e. The number of aryl methyl sites for hydroxylation is 1. The van der Waals surface area contributed by atoms with Crippen LogP contribution in [-0.2, 0) is 17.3 Å². The van der Waals surface area contributed by atoms with Crippen molar-refractivity contribution in [2.24, 2.45) is 11.4 Å². The molecule has 0 saturated carbocycles. The lowest BCUT2D eigenvalue weighted by Crippen LogP contribution is -2.36. The van der Waals surface area contributed by atoms with E-state index in [-0.39, 0.29) is 5.56 Å². The Bertz CT molecular complexity index is 784. The van der Waals surface area contributed by atoms with Crippen LogP contribution in [0.5, 0.6) is 0 Å². The van der Waals surface area contributed by atoms with Gasteiger partial charge in [-0.3, -0.25) is 0 Å². The summed E-state index contributed by atoms with van der Waals surface area (Å²) in [5.74, 6) is -0.812. The van der Waals surface area contributed by atoms with Gasteiger partial charge in [0.05, 0.1) is 5.56 Å². The zero-order valence-corrected chi connectivity index (χ0v) is 12.1. The van der Waals surface area contributed by atoms with Crippen LogP contribution in [0.2, 0.25) is 0 Å². The first-order chi connectivity index (χ1) is 9.31. The Balaban J connectivity index is 2.67. The van der Waals surface area contributed by atoms with Gasteiger partial charge < -0.3 is 5.11 Å². The lowest BCUT2D eigenvalue weighted by atomic mass is 10.1. The van der Waals surface area contributed by atoms with Crippen molar-refractivity contribution in [1.29, 1.82) is 0 Å². The molecule has 20 heavy (non-hydrogen) atoms. The third-order valence-electron chi connectivity index (χ3n) is 2.67. The first kappa shape index (κ1) is 14.4. The molecule has 1 heterocycles. The molecule has 0 atom stereocenters. The topological polar surface area (TPSA) is 89.6 Å². The molecule has 0 aliphatic heterocycles. The average molecular weight is 294 g/mol. The summed E-state index contributed by atoms with van der Waals surface area (Å²) < 4.78 is 28.9. The molecule has 0 unspecified atom stereocenters. The lowest BCUT2D eigenvalue weighted by molar-refractivity contribution is -0.728. The van der Waals surface area contributed by atoms with Gasteiger partial charge in [-0.1, -0.05) is 22.9 Å². The van der Waals surface area contributed by atoms with Gasteiger partial charge in [0.1, 0.15) is 5.52 Å². The van der Waals surface area contributed by atoms with Crippen LogP contribution in [0.1, 0.15) is 5.56 Å². The van der Waals surface area contributed by atoms with Gasteiger partial charge in [0, 0.05) is 25.4 Å². The number of hydrogen-bond acceptors (Lipinski definition) is 4. The molecule has 2 rings (SSSR count). The van der Waals surface area contributed by atoms with Gasteiger partial charge >= 0.3 is 10.2 Å². The van der Waals surface area contributed by atoms with Crippen molar-refractivity contribution in [3.63, 3.8) is 0 Å². The average Bonchev–Trinajstić information content (AvgIpc) is 2.36. The highest BCUT2D eigenvalue weighted by Crippen LogP contribution is 2.14. The van der Waals surface area contributed by atoms with Crippen LogP contribution in [0, 0.1) is 0 Å². The Hall–Kier alpha value is -2.06. The van der Waals surface area contributed by atoms with Gasteiger partial charge in [0.2, 0.25) is 6.20 Å². The van der Waals surface area contributed by atoms with Crippen LogP contribution in [0.4, 0.5) is 0 Å². The van der Waals surface area contributed by atoms with Crippen molar-refractivity contribution >= 4 is 27.0 Å². The molecule has 0 saturated heterocycles. The van der Waals surface area contributed by atoms with Crippen LogP contribution in [0.15, 0.2) is 34.9 Å². The van der Waals surface area contributed by atoms with E-state index in [2.05, 4.69) is 9.50 Å². The molecule has 0 spiro atoms. The summed E-state index contributed by atoms with van der Waals surface area (Å²) in [5.41, 5.74) is 0.793. The summed E-state index contributed by atoms with van der Waals surface area (Å²) in [5, 5.41) is 16.9. The van der Waals surface area contributed by atoms with Crippen LogP contribution >= 0.6 is 0 Å².